The van der Waals surface area contributed by atoms with E-state index in [4.69, 9.17) is 20.3 Å². The van der Waals surface area contributed by atoms with Crippen molar-refractivity contribution in [1.82, 2.24) is 0 Å². The van der Waals surface area contributed by atoms with E-state index in [9.17, 15) is 0 Å². The Kier molecular flexibility index (Phi) is 13.4. The van der Waals surface area contributed by atoms with Crippen LogP contribution in [-0.4, -0.2) is 25.0 Å². The minimum Gasteiger partial charge on any atom is -0.478 e. The predicted molar refractivity (Wildman–Crippen MR) is 160 cm³/mol. The lowest BCUT2D eigenvalue weighted by atomic mass is 9.94. The largest absolute Gasteiger partial charge is 0.478 e. The molecule has 4 nitrogen and oxygen atoms in total. The minimum atomic E-state index is 0. The molecule has 0 bridgehead atoms. The van der Waals surface area contributed by atoms with Crippen LogP contribution >= 0.6 is 24.8 Å². The van der Waals surface area contributed by atoms with Gasteiger partial charge in [0.05, 0.1) is 13.2 Å². The topological polar surface area (TPSA) is 66.2 Å². The molecule has 0 aromatic heterocycles. The first-order valence-corrected chi connectivity index (χ1v) is 12.5. The van der Waals surface area contributed by atoms with Gasteiger partial charge in [-0.2, -0.15) is 0 Å². The van der Waals surface area contributed by atoms with Gasteiger partial charge in [0.1, 0.15) is 0 Å². The van der Waals surface area contributed by atoms with Crippen LogP contribution in [0.25, 0.3) is 0 Å². The maximum atomic E-state index is 8.00. The van der Waals surface area contributed by atoms with Crippen LogP contribution < -0.4 is 0 Å². The van der Waals surface area contributed by atoms with Crippen LogP contribution in [0.15, 0.2) is 54.6 Å². The van der Waals surface area contributed by atoms with E-state index >= 15 is 0 Å². The molecule has 6 heteroatoms. The Morgan fingerprint density at radius 3 is 1.35 bits per heavy atom. The molecule has 0 saturated heterocycles. The predicted octanol–water partition coefficient (Wildman–Crippen LogP) is 7.75. The molecule has 200 valence electrons. The third kappa shape index (κ3) is 9.21. The number of benzene rings is 3. The summed E-state index contributed by atoms with van der Waals surface area (Å²) in [4.78, 5) is 0. The van der Waals surface area contributed by atoms with Gasteiger partial charge >= 0.3 is 0 Å². The fourth-order valence-corrected chi connectivity index (χ4v) is 4.49. The summed E-state index contributed by atoms with van der Waals surface area (Å²) >= 11 is 0. The summed E-state index contributed by atoms with van der Waals surface area (Å²) in [6.07, 6.45) is 3.93. The van der Waals surface area contributed by atoms with Gasteiger partial charge in [-0.3, -0.25) is 10.8 Å². The number of ether oxygens (including phenoxy) is 2. The highest BCUT2D eigenvalue weighted by molar-refractivity contribution is 5.92. The summed E-state index contributed by atoms with van der Waals surface area (Å²) in [5, 5.41) is 16.0. The number of nitrogens with one attached hydrogen (secondary N) is 2. The lowest BCUT2D eigenvalue weighted by Crippen LogP contribution is -2.06. The van der Waals surface area contributed by atoms with Gasteiger partial charge < -0.3 is 9.47 Å². The zero-order chi connectivity index (χ0) is 25.4. The average Bonchev–Trinajstić information content (AvgIpc) is 2.82. The van der Waals surface area contributed by atoms with Crippen molar-refractivity contribution in [3.63, 3.8) is 0 Å². The maximum absolute atomic E-state index is 8.00. The van der Waals surface area contributed by atoms with Crippen molar-refractivity contribution in [3.8, 4) is 0 Å². The van der Waals surface area contributed by atoms with E-state index in [0.717, 1.165) is 36.8 Å². The summed E-state index contributed by atoms with van der Waals surface area (Å²) in [7, 11) is 0. The highest BCUT2D eigenvalue weighted by Crippen LogP contribution is 2.19. The molecule has 0 amide bonds. The molecule has 2 N–H and O–H groups in total. The van der Waals surface area contributed by atoms with E-state index in [1.807, 2.05) is 26.0 Å². The maximum Gasteiger partial charge on any atom is 0.213 e. The number of aryl methyl sites for hydroxylation is 7. The van der Waals surface area contributed by atoms with E-state index < -0.39 is 0 Å². The zero-order valence-electron chi connectivity index (χ0n) is 22.6. The summed E-state index contributed by atoms with van der Waals surface area (Å²) < 4.78 is 10.7. The summed E-state index contributed by atoms with van der Waals surface area (Å²) in [5.74, 6) is 0.478. The molecule has 3 rings (SSSR count). The van der Waals surface area contributed by atoms with Crippen LogP contribution in [0.4, 0.5) is 0 Å². The van der Waals surface area contributed by atoms with E-state index in [1.54, 1.807) is 0 Å². The monoisotopic (exact) mass is 542 g/mol. The molecule has 0 spiro atoms. The number of halogens is 2. The molecular weight excluding hydrogens is 503 g/mol. The second-order valence-corrected chi connectivity index (χ2v) is 9.13. The fourth-order valence-electron chi connectivity index (χ4n) is 4.49. The van der Waals surface area contributed by atoms with Gasteiger partial charge in [0.25, 0.3) is 0 Å². The quantitative estimate of drug-likeness (QED) is 0.203. The Bertz CT molecular complexity index is 1120. The summed E-state index contributed by atoms with van der Waals surface area (Å²) in [6.45, 7) is 11.2. The molecule has 3 aromatic carbocycles. The Morgan fingerprint density at radius 2 is 1.00 bits per heavy atom. The lowest BCUT2D eigenvalue weighted by molar-refractivity contribution is 0.325. The third-order valence-electron chi connectivity index (χ3n) is 6.35. The average molecular weight is 544 g/mol. The fraction of sp³-hybridized carbons (Fsp3) is 0.355. The first kappa shape index (κ1) is 32.2. The van der Waals surface area contributed by atoms with Crippen molar-refractivity contribution in [2.24, 2.45) is 0 Å². The first-order valence-electron chi connectivity index (χ1n) is 12.5. The molecule has 0 saturated carbocycles. The molecule has 0 radical (unpaired) electrons. The van der Waals surface area contributed by atoms with Gasteiger partial charge in [-0.05, 0) is 118 Å². The molecule has 3 aromatic rings. The van der Waals surface area contributed by atoms with E-state index in [0.29, 0.717) is 13.2 Å². The van der Waals surface area contributed by atoms with Crippen LogP contribution in [0, 0.1) is 31.6 Å². The second-order valence-electron chi connectivity index (χ2n) is 9.13. The number of hydrogen-bond donors (Lipinski definition) is 2. The molecule has 37 heavy (non-hydrogen) atoms. The van der Waals surface area contributed by atoms with Gasteiger partial charge in [0, 0.05) is 11.1 Å². The third-order valence-corrected chi connectivity index (χ3v) is 6.35. The molecular formula is C31H40Cl2N2O2. The summed E-state index contributed by atoms with van der Waals surface area (Å²) in [6, 6.07) is 19.3. The van der Waals surface area contributed by atoms with Crippen molar-refractivity contribution < 1.29 is 9.47 Å². The van der Waals surface area contributed by atoms with Crippen molar-refractivity contribution >= 4 is 36.6 Å². The molecule has 0 aliphatic rings. The molecule has 0 fully saturated rings. The van der Waals surface area contributed by atoms with Crippen LogP contribution in [0.3, 0.4) is 0 Å². The Balaban J connectivity index is 0.00000342. The van der Waals surface area contributed by atoms with Gasteiger partial charge in [-0.25, -0.2) is 0 Å². The van der Waals surface area contributed by atoms with Crippen molar-refractivity contribution in [2.75, 3.05) is 13.2 Å². The lowest BCUT2D eigenvalue weighted by Gasteiger charge is -2.12. The zero-order valence-corrected chi connectivity index (χ0v) is 24.2. The van der Waals surface area contributed by atoms with Gasteiger partial charge in [-0.15, -0.1) is 24.8 Å². The SMILES string of the molecule is CCOC(=N)c1ccc(CCc2cc(C)cc(CCc3ccc(C(=N)OCC)cc3C)c2)c(C)c1.Cl.Cl. The van der Waals surface area contributed by atoms with E-state index in [1.165, 1.54) is 38.9 Å². The normalized spacial score (nSPS) is 10.2. The molecule has 0 unspecified atom stereocenters. The van der Waals surface area contributed by atoms with Crippen LogP contribution in [0.5, 0.6) is 0 Å². The second kappa shape index (κ2) is 15.4. The minimum absolute atomic E-state index is 0. The Labute approximate surface area is 234 Å². The van der Waals surface area contributed by atoms with E-state index in [-0.39, 0.29) is 36.6 Å². The first-order chi connectivity index (χ1) is 16.8. The van der Waals surface area contributed by atoms with Crippen LogP contribution in [0.1, 0.15) is 63.9 Å². The standard InChI is InChI=1S/C31H38N2O2.2ClH/c1-6-34-30(32)28-14-12-26(22(4)18-28)10-8-24-16-21(3)17-25(20-24)9-11-27-13-15-29(19-23(27)5)31(33)35-7-2;;/h12-20,32-33H,6-11H2,1-5H3;2*1H. The van der Waals surface area contributed by atoms with Crippen molar-refractivity contribution in [2.45, 2.75) is 60.3 Å². The van der Waals surface area contributed by atoms with E-state index in [2.05, 4.69) is 63.2 Å². The molecule has 0 aliphatic heterocycles. The number of hydrogen-bond acceptors (Lipinski definition) is 4. The van der Waals surface area contributed by atoms with Crippen molar-refractivity contribution in [3.05, 3.63) is 105 Å². The van der Waals surface area contributed by atoms with Crippen LogP contribution in [0.2, 0.25) is 0 Å². The van der Waals surface area contributed by atoms with Crippen LogP contribution in [-0.2, 0) is 35.2 Å². The van der Waals surface area contributed by atoms with Gasteiger partial charge in [0.2, 0.25) is 11.8 Å². The highest BCUT2D eigenvalue weighted by Gasteiger charge is 2.09. The number of rotatable bonds is 10. The smallest absolute Gasteiger partial charge is 0.213 e. The van der Waals surface area contributed by atoms with Gasteiger partial charge in [0.15, 0.2) is 0 Å². The molecule has 0 aliphatic carbocycles. The highest BCUT2D eigenvalue weighted by atomic mass is 35.5. The molecule has 0 atom stereocenters. The summed E-state index contributed by atoms with van der Waals surface area (Å²) in [5.41, 5.74) is 10.7. The van der Waals surface area contributed by atoms with Crippen molar-refractivity contribution in [1.29, 1.82) is 10.8 Å². The van der Waals surface area contributed by atoms with Gasteiger partial charge in [-0.1, -0.05) is 35.9 Å². The Hall–Kier alpha value is -2.82. The molecule has 0 heterocycles. The Morgan fingerprint density at radius 1 is 0.595 bits per heavy atom.